The maximum Gasteiger partial charge on any atom is 0.111 e. The lowest BCUT2D eigenvalue weighted by Gasteiger charge is -2.09. The van der Waals surface area contributed by atoms with Crippen LogP contribution in [0.1, 0.15) is 6.42 Å². The molecule has 0 aliphatic heterocycles. The van der Waals surface area contributed by atoms with Crippen LogP contribution in [0.3, 0.4) is 0 Å². The topological polar surface area (TPSA) is 66.4 Å². The van der Waals surface area contributed by atoms with Crippen molar-refractivity contribution in [3.8, 4) is 0 Å². The summed E-state index contributed by atoms with van der Waals surface area (Å²) in [4.78, 5) is 0. The fourth-order valence-electron chi connectivity index (χ4n) is 1.29. The number of ether oxygens (including phenoxy) is 5. The van der Waals surface area contributed by atoms with Crippen LogP contribution in [-0.4, -0.2) is 71.2 Å². The van der Waals surface area contributed by atoms with Gasteiger partial charge in [0.1, 0.15) is 6.61 Å². The molecule has 0 saturated heterocycles. The summed E-state index contributed by atoms with van der Waals surface area (Å²) in [6, 6.07) is 0. The number of aliphatic hydroxyl groups is 1. The first-order valence-corrected chi connectivity index (χ1v) is 7.14. The summed E-state index contributed by atoms with van der Waals surface area (Å²) in [6.07, 6.45) is 2.41. The standard InChI is InChI=1S/C15H28O6/c1-3-4-15(2)21-14-13-20-12-11-19-10-9-18-8-7-17-6-5-16/h3,16H,1-2,4-14H2. The zero-order valence-corrected chi connectivity index (χ0v) is 12.8. The van der Waals surface area contributed by atoms with Crippen molar-refractivity contribution in [2.24, 2.45) is 0 Å². The van der Waals surface area contributed by atoms with Gasteiger partial charge in [-0.15, -0.1) is 6.58 Å². The molecule has 0 aliphatic carbocycles. The van der Waals surface area contributed by atoms with E-state index in [-0.39, 0.29) is 6.61 Å². The fourth-order valence-corrected chi connectivity index (χ4v) is 1.29. The van der Waals surface area contributed by atoms with Gasteiger partial charge in [0.25, 0.3) is 0 Å². The number of rotatable bonds is 17. The van der Waals surface area contributed by atoms with Crippen molar-refractivity contribution >= 4 is 0 Å². The highest BCUT2D eigenvalue weighted by atomic mass is 16.6. The van der Waals surface area contributed by atoms with Crippen LogP contribution in [0.25, 0.3) is 0 Å². The van der Waals surface area contributed by atoms with Crippen LogP contribution in [0.15, 0.2) is 25.0 Å². The molecule has 0 aliphatic rings. The van der Waals surface area contributed by atoms with E-state index in [1.807, 2.05) is 0 Å². The quantitative estimate of drug-likeness (QED) is 0.247. The maximum atomic E-state index is 8.48. The second-order valence-corrected chi connectivity index (χ2v) is 4.05. The lowest BCUT2D eigenvalue weighted by molar-refractivity contribution is -0.00996. The number of allylic oxidation sites excluding steroid dienone is 1. The first-order chi connectivity index (χ1) is 10.3. The van der Waals surface area contributed by atoms with Crippen LogP contribution in [0.5, 0.6) is 0 Å². The first kappa shape index (κ1) is 20.1. The number of hydrogen-bond acceptors (Lipinski definition) is 6. The highest BCUT2D eigenvalue weighted by Crippen LogP contribution is 1.99. The minimum Gasteiger partial charge on any atom is -0.496 e. The molecule has 0 unspecified atom stereocenters. The average molecular weight is 304 g/mol. The van der Waals surface area contributed by atoms with Crippen LogP contribution >= 0.6 is 0 Å². The molecular weight excluding hydrogens is 276 g/mol. The molecule has 0 atom stereocenters. The van der Waals surface area contributed by atoms with Gasteiger partial charge in [0, 0.05) is 6.42 Å². The van der Waals surface area contributed by atoms with Crippen LogP contribution in [0.2, 0.25) is 0 Å². The van der Waals surface area contributed by atoms with E-state index in [4.69, 9.17) is 28.8 Å². The second-order valence-electron chi connectivity index (χ2n) is 4.05. The van der Waals surface area contributed by atoms with E-state index in [1.165, 1.54) is 0 Å². The molecule has 0 saturated carbocycles. The first-order valence-electron chi connectivity index (χ1n) is 7.14. The van der Waals surface area contributed by atoms with Crippen molar-refractivity contribution in [1.29, 1.82) is 0 Å². The minimum absolute atomic E-state index is 0.0382. The van der Waals surface area contributed by atoms with E-state index in [9.17, 15) is 0 Å². The van der Waals surface area contributed by atoms with Gasteiger partial charge in [-0.05, 0) is 0 Å². The Bertz CT molecular complexity index is 244. The van der Waals surface area contributed by atoms with Crippen molar-refractivity contribution in [2.45, 2.75) is 6.42 Å². The largest absolute Gasteiger partial charge is 0.496 e. The number of aliphatic hydroxyl groups excluding tert-OH is 1. The summed E-state index contributed by atoms with van der Waals surface area (Å²) < 4.78 is 26.3. The lowest BCUT2D eigenvalue weighted by Crippen LogP contribution is -2.13. The summed E-state index contributed by atoms with van der Waals surface area (Å²) >= 11 is 0. The summed E-state index contributed by atoms with van der Waals surface area (Å²) in [7, 11) is 0. The predicted octanol–water partition coefficient (Wildman–Crippen LogP) is 1.15. The lowest BCUT2D eigenvalue weighted by atomic mass is 10.4. The smallest absolute Gasteiger partial charge is 0.111 e. The molecule has 0 aromatic rings. The Balaban J connectivity index is 3.02. The van der Waals surface area contributed by atoms with Gasteiger partial charge in [-0.1, -0.05) is 12.7 Å². The van der Waals surface area contributed by atoms with E-state index in [0.717, 1.165) is 0 Å². The molecule has 0 radical (unpaired) electrons. The molecule has 1 N–H and O–H groups in total. The maximum absolute atomic E-state index is 8.48. The fraction of sp³-hybridized carbons (Fsp3) is 0.733. The van der Waals surface area contributed by atoms with E-state index in [2.05, 4.69) is 13.2 Å². The summed E-state index contributed by atoms with van der Waals surface area (Å²) in [5, 5.41) is 8.48. The van der Waals surface area contributed by atoms with E-state index >= 15 is 0 Å². The molecule has 6 heteroatoms. The van der Waals surface area contributed by atoms with Gasteiger partial charge in [0.2, 0.25) is 0 Å². The molecule has 0 heterocycles. The van der Waals surface area contributed by atoms with E-state index < -0.39 is 0 Å². The Kier molecular flexibility index (Phi) is 16.4. The Hall–Kier alpha value is -0.920. The van der Waals surface area contributed by atoms with Gasteiger partial charge in [-0.2, -0.15) is 0 Å². The third-order valence-corrected chi connectivity index (χ3v) is 2.26. The van der Waals surface area contributed by atoms with Crippen molar-refractivity contribution in [1.82, 2.24) is 0 Å². The highest BCUT2D eigenvalue weighted by Gasteiger charge is 1.94. The van der Waals surface area contributed by atoms with E-state index in [1.54, 1.807) is 6.08 Å². The van der Waals surface area contributed by atoms with Crippen molar-refractivity contribution < 1.29 is 28.8 Å². The average Bonchev–Trinajstić information content (AvgIpc) is 2.48. The molecule has 124 valence electrons. The highest BCUT2D eigenvalue weighted by molar-refractivity contribution is 4.90. The van der Waals surface area contributed by atoms with Crippen LogP contribution in [0.4, 0.5) is 0 Å². The Labute approximate surface area is 127 Å². The Morgan fingerprint density at radius 3 is 1.62 bits per heavy atom. The monoisotopic (exact) mass is 304 g/mol. The summed E-state index contributed by atoms with van der Waals surface area (Å²) in [5.74, 6) is 0.699. The van der Waals surface area contributed by atoms with Crippen LogP contribution in [0, 0.1) is 0 Å². The molecule has 0 rings (SSSR count). The zero-order chi connectivity index (χ0) is 15.6. The zero-order valence-electron chi connectivity index (χ0n) is 12.8. The second kappa shape index (κ2) is 17.1. The number of hydrogen-bond donors (Lipinski definition) is 1. The van der Waals surface area contributed by atoms with Crippen LogP contribution in [-0.2, 0) is 23.7 Å². The molecule has 0 fully saturated rings. The molecule has 0 amide bonds. The molecule has 0 aromatic carbocycles. The Morgan fingerprint density at radius 2 is 1.19 bits per heavy atom. The SMILES string of the molecule is C=CCC(=C)OCCOCCOCCOCCOCCO. The molecule has 21 heavy (non-hydrogen) atoms. The van der Waals surface area contributed by atoms with E-state index in [0.29, 0.717) is 71.6 Å². The van der Waals surface area contributed by atoms with Gasteiger partial charge < -0.3 is 28.8 Å². The van der Waals surface area contributed by atoms with Gasteiger partial charge in [0.15, 0.2) is 0 Å². The summed E-state index contributed by atoms with van der Waals surface area (Å²) in [6.45, 7) is 11.8. The molecule has 0 spiro atoms. The normalized spacial score (nSPS) is 10.5. The predicted molar refractivity (Wildman–Crippen MR) is 80.3 cm³/mol. The van der Waals surface area contributed by atoms with Gasteiger partial charge >= 0.3 is 0 Å². The van der Waals surface area contributed by atoms with Gasteiger partial charge in [-0.3, -0.25) is 0 Å². The molecule has 0 aromatic heterocycles. The van der Waals surface area contributed by atoms with Crippen molar-refractivity contribution in [3.05, 3.63) is 25.0 Å². The van der Waals surface area contributed by atoms with Crippen molar-refractivity contribution in [2.75, 3.05) is 66.1 Å². The minimum atomic E-state index is 0.0382. The van der Waals surface area contributed by atoms with Crippen molar-refractivity contribution in [3.63, 3.8) is 0 Å². The molecular formula is C15H28O6. The van der Waals surface area contributed by atoms with Gasteiger partial charge in [-0.25, -0.2) is 0 Å². The Morgan fingerprint density at radius 1 is 0.762 bits per heavy atom. The van der Waals surface area contributed by atoms with Gasteiger partial charge in [0.05, 0.1) is 65.2 Å². The molecule has 6 nitrogen and oxygen atoms in total. The third kappa shape index (κ3) is 17.0. The summed E-state index contributed by atoms with van der Waals surface area (Å²) in [5.41, 5.74) is 0. The third-order valence-electron chi connectivity index (χ3n) is 2.26. The van der Waals surface area contributed by atoms with Crippen LogP contribution < -0.4 is 0 Å². The molecule has 0 bridgehead atoms.